The summed E-state index contributed by atoms with van der Waals surface area (Å²) in [6.07, 6.45) is 1.73. The number of amidine groups is 1. The fourth-order valence-corrected chi connectivity index (χ4v) is 4.49. The zero-order chi connectivity index (χ0) is 22.7. The van der Waals surface area contributed by atoms with E-state index in [1.807, 2.05) is 18.2 Å². The highest BCUT2D eigenvalue weighted by molar-refractivity contribution is 9.10. The van der Waals surface area contributed by atoms with Crippen LogP contribution in [-0.2, 0) is 11.4 Å². The number of hydrogen-bond acceptors (Lipinski definition) is 4. The highest BCUT2D eigenvalue weighted by atomic mass is 79.9. The quantitative estimate of drug-likeness (QED) is 0.337. The monoisotopic (exact) mass is 550 g/mol. The smallest absolute Gasteiger partial charge is 0.264 e. The Morgan fingerprint density at radius 1 is 1.09 bits per heavy atom. The van der Waals surface area contributed by atoms with Crippen LogP contribution in [0.4, 0.5) is 10.1 Å². The van der Waals surface area contributed by atoms with Crippen LogP contribution < -0.4 is 10.1 Å². The molecule has 4 rings (SSSR count). The van der Waals surface area contributed by atoms with Crippen molar-refractivity contribution in [3.8, 4) is 5.75 Å². The van der Waals surface area contributed by atoms with Crippen LogP contribution >= 0.6 is 50.9 Å². The van der Waals surface area contributed by atoms with E-state index in [1.165, 1.54) is 23.9 Å². The molecule has 1 N–H and O–H groups in total. The van der Waals surface area contributed by atoms with Gasteiger partial charge in [0.2, 0.25) is 0 Å². The summed E-state index contributed by atoms with van der Waals surface area (Å²) in [5.41, 5.74) is 2.05. The number of amides is 1. The Hall–Kier alpha value is -2.32. The van der Waals surface area contributed by atoms with Gasteiger partial charge in [0.15, 0.2) is 5.17 Å². The average Bonchev–Trinajstić information content (AvgIpc) is 3.09. The number of rotatable bonds is 5. The van der Waals surface area contributed by atoms with Crippen LogP contribution in [0.25, 0.3) is 6.08 Å². The number of hydrogen-bond donors (Lipinski definition) is 1. The molecule has 1 amide bonds. The predicted octanol–water partition coefficient (Wildman–Crippen LogP) is 7.37. The minimum absolute atomic E-state index is 0.240. The van der Waals surface area contributed by atoms with Crippen LogP contribution in [-0.4, -0.2) is 11.1 Å². The second kappa shape index (κ2) is 10.1. The van der Waals surface area contributed by atoms with Crippen LogP contribution in [0.2, 0.25) is 10.0 Å². The second-order valence-corrected chi connectivity index (χ2v) is 9.45. The van der Waals surface area contributed by atoms with E-state index in [2.05, 4.69) is 26.2 Å². The van der Waals surface area contributed by atoms with Crippen LogP contribution in [0, 0.1) is 5.82 Å². The van der Waals surface area contributed by atoms with Crippen molar-refractivity contribution in [2.24, 2.45) is 4.99 Å². The van der Waals surface area contributed by atoms with Gasteiger partial charge in [0.05, 0.1) is 10.6 Å². The zero-order valence-electron chi connectivity index (χ0n) is 16.2. The third-order valence-corrected chi connectivity index (χ3v) is 6.35. The number of nitrogens with one attached hydrogen (secondary N) is 1. The van der Waals surface area contributed by atoms with Gasteiger partial charge in [-0.2, -0.15) is 0 Å². The summed E-state index contributed by atoms with van der Waals surface area (Å²) in [7, 11) is 0. The molecule has 0 atom stereocenters. The molecule has 1 aliphatic rings. The van der Waals surface area contributed by atoms with E-state index in [0.29, 0.717) is 37.1 Å². The van der Waals surface area contributed by atoms with Crippen molar-refractivity contribution < 1.29 is 13.9 Å². The minimum Gasteiger partial charge on any atom is -0.488 e. The summed E-state index contributed by atoms with van der Waals surface area (Å²) >= 11 is 16.8. The first kappa shape index (κ1) is 22.9. The molecule has 0 spiro atoms. The molecule has 4 nitrogen and oxygen atoms in total. The van der Waals surface area contributed by atoms with Crippen molar-refractivity contribution in [3.63, 3.8) is 0 Å². The molecule has 0 bridgehead atoms. The molecule has 1 aliphatic heterocycles. The number of ether oxygens (including phenoxy) is 1. The molecule has 3 aromatic rings. The van der Waals surface area contributed by atoms with E-state index in [1.54, 1.807) is 36.4 Å². The fourth-order valence-electron chi connectivity index (χ4n) is 2.81. The molecule has 0 unspecified atom stereocenters. The molecule has 9 heteroatoms. The van der Waals surface area contributed by atoms with E-state index < -0.39 is 0 Å². The number of benzene rings is 3. The Morgan fingerprint density at radius 2 is 1.88 bits per heavy atom. The highest BCUT2D eigenvalue weighted by Gasteiger charge is 2.24. The first-order chi connectivity index (χ1) is 15.4. The summed E-state index contributed by atoms with van der Waals surface area (Å²) in [6.45, 7) is 0.240. The van der Waals surface area contributed by atoms with E-state index in [0.717, 1.165) is 10.0 Å². The van der Waals surface area contributed by atoms with Gasteiger partial charge < -0.3 is 10.1 Å². The fraction of sp³-hybridized carbons (Fsp3) is 0.0435. The maximum Gasteiger partial charge on any atom is 0.264 e. The van der Waals surface area contributed by atoms with Gasteiger partial charge in [0, 0.05) is 25.6 Å². The lowest BCUT2D eigenvalue weighted by atomic mass is 10.1. The molecule has 162 valence electrons. The lowest BCUT2D eigenvalue weighted by molar-refractivity contribution is -0.115. The largest absolute Gasteiger partial charge is 0.488 e. The molecule has 0 aliphatic carbocycles. The van der Waals surface area contributed by atoms with Gasteiger partial charge >= 0.3 is 0 Å². The van der Waals surface area contributed by atoms with Crippen molar-refractivity contribution in [2.75, 3.05) is 0 Å². The van der Waals surface area contributed by atoms with E-state index >= 15 is 0 Å². The van der Waals surface area contributed by atoms with Crippen LogP contribution in [0.5, 0.6) is 5.75 Å². The minimum atomic E-state index is -0.347. The Balaban J connectivity index is 1.56. The van der Waals surface area contributed by atoms with Crippen molar-refractivity contribution in [3.05, 3.63) is 97.0 Å². The second-order valence-electron chi connectivity index (χ2n) is 6.66. The van der Waals surface area contributed by atoms with E-state index in [-0.39, 0.29) is 18.3 Å². The predicted molar refractivity (Wildman–Crippen MR) is 132 cm³/mol. The third kappa shape index (κ3) is 5.72. The van der Waals surface area contributed by atoms with E-state index in [9.17, 15) is 9.18 Å². The number of aliphatic imine (C=N–C) groups is 1. The Labute approximate surface area is 206 Å². The van der Waals surface area contributed by atoms with Crippen LogP contribution in [0.1, 0.15) is 11.1 Å². The van der Waals surface area contributed by atoms with E-state index in [4.69, 9.17) is 27.9 Å². The third-order valence-electron chi connectivity index (χ3n) is 4.36. The van der Waals surface area contributed by atoms with Gasteiger partial charge in [0.1, 0.15) is 18.2 Å². The Bertz CT molecular complexity index is 1250. The molecule has 0 saturated carbocycles. The van der Waals surface area contributed by atoms with Gasteiger partial charge in [-0.3, -0.25) is 4.79 Å². The summed E-state index contributed by atoms with van der Waals surface area (Å²) in [5.74, 6) is -0.0358. The molecule has 1 saturated heterocycles. The van der Waals surface area contributed by atoms with Crippen LogP contribution in [0.15, 0.2) is 75.0 Å². The zero-order valence-corrected chi connectivity index (χ0v) is 20.2. The molecule has 32 heavy (non-hydrogen) atoms. The first-order valence-corrected chi connectivity index (χ1v) is 11.7. The molecule has 1 fully saturated rings. The molecule has 0 radical (unpaired) electrons. The van der Waals surface area contributed by atoms with Crippen LogP contribution in [0.3, 0.4) is 0 Å². The number of thioether (sulfide) groups is 1. The topological polar surface area (TPSA) is 50.7 Å². The van der Waals surface area contributed by atoms with Gasteiger partial charge in [-0.05, 0) is 72.4 Å². The van der Waals surface area contributed by atoms with Crippen molar-refractivity contribution in [1.82, 2.24) is 5.32 Å². The lowest BCUT2D eigenvalue weighted by Crippen LogP contribution is -2.19. The number of nitrogens with zero attached hydrogens (tertiary/aromatic N) is 1. The molecule has 1 heterocycles. The average molecular weight is 552 g/mol. The Morgan fingerprint density at radius 3 is 2.62 bits per heavy atom. The standard InChI is InChI=1S/C23H14BrCl2FN2O2S/c24-15-2-8-20(31-12-13-1-3-16(25)11-19(13)26)14(9-15)10-21-22(30)29-23(32-21)28-18-6-4-17(27)5-7-18/h1-11H,12H2,(H,28,29,30)/b21-10+. The summed E-state index contributed by atoms with van der Waals surface area (Å²) in [5, 5.41) is 4.20. The lowest BCUT2D eigenvalue weighted by Gasteiger charge is -2.11. The molecular weight excluding hydrogens is 538 g/mol. The normalized spacial score (nSPS) is 15.9. The summed E-state index contributed by atoms with van der Waals surface area (Å²) < 4.78 is 19.9. The Kier molecular flexibility index (Phi) is 7.20. The molecule has 3 aromatic carbocycles. The maximum absolute atomic E-state index is 13.1. The molecule has 0 aromatic heterocycles. The van der Waals surface area contributed by atoms with Gasteiger partial charge in [-0.1, -0.05) is 45.2 Å². The van der Waals surface area contributed by atoms with Crippen molar-refractivity contribution in [1.29, 1.82) is 0 Å². The number of carbonyl (C=O) groups excluding carboxylic acids is 1. The highest BCUT2D eigenvalue weighted by Crippen LogP contribution is 2.33. The summed E-state index contributed by atoms with van der Waals surface area (Å²) in [4.78, 5) is 17.3. The summed E-state index contributed by atoms with van der Waals surface area (Å²) in [6, 6.07) is 16.4. The maximum atomic E-state index is 13.1. The number of carbonyl (C=O) groups is 1. The van der Waals surface area contributed by atoms with Crippen molar-refractivity contribution in [2.45, 2.75) is 6.61 Å². The SMILES string of the molecule is O=C1NC(=Nc2ccc(F)cc2)S/C1=C/c1cc(Br)ccc1OCc1ccc(Cl)cc1Cl. The van der Waals surface area contributed by atoms with Crippen molar-refractivity contribution >= 4 is 73.7 Å². The van der Waals surface area contributed by atoms with Gasteiger partial charge in [0.25, 0.3) is 5.91 Å². The van der Waals surface area contributed by atoms with Gasteiger partial charge in [-0.15, -0.1) is 0 Å². The van der Waals surface area contributed by atoms with Gasteiger partial charge in [-0.25, -0.2) is 9.38 Å². The first-order valence-electron chi connectivity index (χ1n) is 9.29. The number of halogens is 4. The molecular formula is C23H14BrCl2FN2O2S.